The molecule has 6 heterocycles. The Hall–Kier alpha value is -5.45. The molecule has 8 atom stereocenters. The lowest BCUT2D eigenvalue weighted by molar-refractivity contribution is -0.142. The first-order valence-corrected chi connectivity index (χ1v) is 26.3. The number of carbonyl (C=O) groups is 3. The third-order valence-electron chi connectivity index (χ3n) is 13.7. The number of fused-ring (bicyclic) bond motifs is 3. The molecule has 0 saturated carbocycles. The first-order chi connectivity index (χ1) is 31.6. The SMILES string of the molecule is CC1(C)Oc2ccc(C#N)cc2C(N2CCCC2=O)C1OP(=O)(O)P(=O)(OC1C(N2CCCC2=O)c2cc(C#N)ccc2OC1(C)C)OC1[C@H](N2CCCC2=O)c2cc(N)ccc2OC1(C)C. The Kier molecular flexibility index (Phi) is 11.6. The first kappa shape index (κ1) is 46.7. The highest BCUT2D eigenvalue weighted by Crippen LogP contribution is 2.84. The van der Waals surface area contributed by atoms with E-state index in [1.54, 1.807) is 95.0 Å². The molecule has 0 aromatic heterocycles. The maximum atomic E-state index is 16.7. The van der Waals surface area contributed by atoms with Crippen LogP contribution in [0.1, 0.15) is 126 Å². The summed E-state index contributed by atoms with van der Waals surface area (Å²) in [6.45, 7) is 10.4. The predicted octanol–water partition coefficient (Wildman–Crippen LogP) is 7.37. The number of nitrogens with two attached hydrogens (primary N) is 1. The fourth-order valence-electron chi connectivity index (χ4n) is 10.5. The molecule has 3 amide bonds. The molecule has 6 aliphatic heterocycles. The highest BCUT2D eigenvalue weighted by Gasteiger charge is 2.64. The van der Waals surface area contributed by atoms with Crippen molar-refractivity contribution in [1.29, 1.82) is 10.5 Å². The van der Waals surface area contributed by atoms with Gasteiger partial charge in [-0.25, -0.2) is 9.13 Å². The van der Waals surface area contributed by atoms with Crippen molar-refractivity contribution in [2.45, 2.75) is 133 Å². The molecule has 354 valence electrons. The van der Waals surface area contributed by atoms with Crippen molar-refractivity contribution in [3.8, 4) is 29.4 Å². The first-order valence-electron chi connectivity index (χ1n) is 22.5. The van der Waals surface area contributed by atoms with E-state index in [0.29, 0.717) is 58.9 Å². The summed E-state index contributed by atoms with van der Waals surface area (Å²) in [5.74, 6) is 0.173. The zero-order valence-electron chi connectivity index (χ0n) is 38.2. The van der Waals surface area contributed by atoms with E-state index in [9.17, 15) is 29.8 Å². The van der Waals surface area contributed by atoms with Crippen LogP contribution in [-0.4, -0.2) is 92.1 Å². The number of hydrogen-bond donors (Lipinski definition) is 2. The molecular weight excluding hydrogens is 902 g/mol. The van der Waals surface area contributed by atoms with Crippen LogP contribution in [-0.2, 0) is 37.1 Å². The third kappa shape index (κ3) is 8.05. The summed E-state index contributed by atoms with van der Waals surface area (Å²) < 4.78 is 72.1. The van der Waals surface area contributed by atoms with Gasteiger partial charge < -0.3 is 39.5 Å². The molecule has 18 nitrogen and oxygen atoms in total. The van der Waals surface area contributed by atoms with Gasteiger partial charge in [0, 0.05) is 61.3 Å². The lowest BCUT2D eigenvalue weighted by Gasteiger charge is -2.51. The number of likely N-dealkylation sites (tertiary alicyclic amines) is 3. The normalized spacial score (nSPS) is 28.7. The van der Waals surface area contributed by atoms with Crippen molar-refractivity contribution >= 4 is 38.0 Å². The Morgan fingerprint density at radius 2 is 0.940 bits per heavy atom. The average molecular weight is 957 g/mol. The molecule has 20 heteroatoms. The number of nitriles is 2. The van der Waals surface area contributed by atoms with Crippen LogP contribution in [0, 0.1) is 22.7 Å². The molecule has 3 N–H and O–H groups in total. The van der Waals surface area contributed by atoms with Crippen molar-refractivity contribution in [2.24, 2.45) is 0 Å². The van der Waals surface area contributed by atoms with Crippen LogP contribution in [0.15, 0.2) is 54.6 Å². The van der Waals surface area contributed by atoms with Crippen LogP contribution in [0.3, 0.4) is 0 Å². The summed E-state index contributed by atoms with van der Waals surface area (Å²) in [6, 6.07) is 15.2. The van der Waals surface area contributed by atoms with E-state index < -0.39 is 67.8 Å². The van der Waals surface area contributed by atoms with Gasteiger partial charge >= 0.3 is 14.6 Å². The lowest BCUT2D eigenvalue weighted by atomic mass is 9.85. The van der Waals surface area contributed by atoms with E-state index in [2.05, 4.69) is 12.1 Å². The number of ether oxygens (including phenoxy) is 3. The van der Waals surface area contributed by atoms with Crippen LogP contribution in [0.4, 0.5) is 5.69 Å². The minimum Gasteiger partial charge on any atom is -0.485 e. The van der Waals surface area contributed by atoms with Gasteiger partial charge in [-0.05, 0) is 115 Å². The number of benzene rings is 3. The fourth-order valence-corrected chi connectivity index (χ4v) is 14.9. The van der Waals surface area contributed by atoms with Gasteiger partial charge in [-0.15, -0.1) is 0 Å². The van der Waals surface area contributed by atoms with Crippen molar-refractivity contribution in [3.63, 3.8) is 0 Å². The van der Waals surface area contributed by atoms with Crippen LogP contribution in [0.2, 0.25) is 0 Å². The Balaban J connectivity index is 1.23. The highest BCUT2D eigenvalue weighted by atomic mass is 32.1. The highest BCUT2D eigenvalue weighted by molar-refractivity contribution is 8.27. The van der Waals surface area contributed by atoms with Gasteiger partial charge in [-0.3, -0.25) is 28.0 Å². The molecule has 0 spiro atoms. The second kappa shape index (κ2) is 16.7. The van der Waals surface area contributed by atoms with Crippen molar-refractivity contribution < 1.29 is 56.2 Å². The minimum atomic E-state index is -5.94. The van der Waals surface area contributed by atoms with Gasteiger partial charge in [0.25, 0.3) is 0 Å². The molecule has 6 aliphatic rings. The molecular formula is C47H54N6O12P2. The molecule has 3 saturated heterocycles. The smallest absolute Gasteiger partial charge is 0.442 e. The number of rotatable bonds is 10. The number of anilines is 1. The van der Waals surface area contributed by atoms with E-state index in [1.807, 2.05) is 0 Å². The Bertz CT molecular complexity index is 2750. The van der Waals surface area contributed by atoms with Gasteiger partial charge in [-0.1, -0.05) is 0 Å². The Labute approximate surface area is 388 Å². The van der Waals surface area contributed by atoms with Crippen LogP contribution in [0.25, 0.3) is 0 Å². The van der Waals surface area contributed by atoms with E-state index in [1.165, 1.54) is 15.9 Å². The summed E-state index contributed by atoms with van der Waals surface area (Å²) in [6.07, 6.45) is -2.62. The largest absolute Gasteiger partial charge is 0.485 e. The number of hydrogen-bond acceptors (Lipinski definition) is 14. The summed E-state index contributed by atoms with van der Waals surface area (Å²) in [7, 11) is -11.8. The quantitative estimate of drug-likeness (QED) is 0.149. The third-order valence-corrected chi connectivity index (χ3v) is 18.5. The number of nitrogen functional groups attached to an aromatic ring is 1. The summed E-state index contributed by atoms with van der Waals surface area (Å²) in [5, 5.41) is 20.0. The van der Waals surface area contributed by atoms with Crippen LogP contribution in [0.5, 0.6) is 17.2 Å². The number of nitrogens with zero attached hydrogens (tertiary/aromatic N) is 5. The molecule has 7 unspecified atom stereocenters. The van der Waals surface area contributed by atoms with Crippen LogP contribution >= 0.6 is 14.6 Å². The van der Waals surface area contributed by atoms with Crippen molar-refractivity contribution in [1.82, 2.24) is 14.7 Å². The molecule has 9 rings (SSSR count). The molecule has 67 heavy (non-hydrogen) atoms. The summed E-state index contributed by atoms with van der Waals surface area (Å²) >= 11 is 0. The van der Waals surface area contributed by atoms with Gasteiger partial charge in [-0.2, -0.15) is 10.5 Å². The molecule has 0 radical (unpaired) electrons. The maximum absolute atomic E-state index is 16.7. The molecule has 0 bridgehead atoms. The zero-order valence-corrected chi connectivity index (χ0v) is 40.0. The summed E-state index contributed by atoms with van der Waals surface area (Å²) in [5.41, 5.74) is 3.64. The van der Waals surface area contributed by atoms with E-state index in [4.69, 9.17) is 33.5 Å². The second-order valence-electron chi connectivity index (χ2n) is 19.6. The van der Waals surface area contributed by atoms with Gasteiger partial charge in [0.05, 0.1) is 41.4 Å². The van der Waals surface area contributed by atoms with Crippen molar-refractivity contribution in [2.75, 3.05) is 25.4 Å². The second-order valence-corrected chi connectivity index (χ2v) is 25.1. The van der Waals surface area contributed by atoms with E-state index in [-0.39, 0.29) is 67.7 Å². The lowest BCUT2D eigenvalue weighted by Crippen LogP contribution is -2.56. The Morgan fingerprint density at radius 3 is 1.28 bits per heavy atom. The molecule has 3 aromatic carbocycles. The number of amides is 3. The molecule has 0 aliphatic carbocycles. The van der Waals surface area contributed by atoms with Crippen LogP contribution < -0.4 is 19.9 Å². The topological polar surface area (TPSA) is 244 Å². The molecule has 3 aromatic rings. The van der Waals surface area contributed by atoms with E-state index >= 15 is 9.13 Å². The van der Waals surface area contributed by atoms with Gasteiger partial charge in [0.2, 0.25) is 17.7 Å². The fraction of sp³-hybridized carbons (Fsp3) is 0.511. The van der Waals surface area contributed by atoms with Gasteiger partial charge in [0.15, 0.2) is 0 Å². The standard InChI is InChI=1S/C47H54N6O12P2/c1-45(2)42(39(51-19-7-10-36(51)54)30-22-27(25-48)13-16-33(30)60-45)63-66(57,58)67(59,65-44-41(53-21-9-12-38(53)56)32-24-29(50)15-18-35(32)62-47(44,5)6)64-43-40(52-20-8-11-37(52)55)31-23-28(26-49)14-17-34(31)61-46(43,3)4/h13-18,22-24,39-44H,7-12,19-21,50H2,1-6H3,(H,57,58)/t39?,40?,41-,42?,43?,44?,67?/m1/s1. The molecule has 3 fully saturated rings. The maximum Gasteiger partial charge on any atom is 0.442 e. The van der Waals surface area contributed by atoms with Crippen molar-refractivity contribution in [3.05, 3.63) is 82.4 Å². The monoisotopic (exact) mass is 956 g/mol. The summed E-state index contributed by atoms with van der Waals surface area (Å²) in [4.78, 5) is 58.8. The number of carbonyl (C=O) groups excluding carboxylic acids is 3. The average Bonchev–Trinajstić information content (AvgIpc) is 4.01. The predicted molar refractivity (Wildman–Crippen MR) is 240 cm³/mol. The zero-order chi connectivity index (χ0) is 48.0. The van der Waals surface area contributed by atoms with E-state index in [0.717, 1.165) is 0 Å². The minimum absolute atomic E-state index is 0.178. The Morgan fingerprint density at radius 1 is 0.597 bits per heavy atom. The van der Waals surface area contributed by atoms with Gasteiger partial charge in [0.1, 0.15) is 52.4 Å².